The maximum Gasteiger partial charge on any atom is 0.228 e. The Balaban J connectivity index is 1.45. The zero-order valence-electron chi connectivity index (χ0n) is 17.2. The van der Waals surface area contributed by atoms with Crippen LogP contribution in [0.4, 0.5) is 0 Å². The minimum atomic E-state index is 0.0136. The molecule has 1 aromatic heterocycles. The van der Waals surface area contributed by atoms with E-state index in [1.54, 1.807) is 7.05 Å². The molecular weight excluding hydrogens is 392 g/mol. The van der Waals surface area contributed by atoms with Gasteiger partial charge in [-0.25, -0.2) is 0 Å². The fraction of sp³-hybridized carbons (Fsp3) is 0.550. The number of rotatable bonds is 7. The summed E-state index contributed by atoms with van der Waals surface area (Å²) in [6.45, 7) is 9.36. The Hall–Kier alpha value is -2.16. The van der Waals surface area contributed by atoms with Gasteiger partial charge in [-0.05, 0) is 26.0 Å². The number of morpholine rings is 1. The molecule has 2 N–H and O–H groups in total. The molecule has 0 saturated carbocycles. The molecule has 3 rings (SSSR count). The number of nitrogens with one attached hydrogen (secondary N) is 2. The van der Waals surface area contributed by atoms with Crippen molar-refractivity contribution in [2.75, 3.05) is 46.4 Å². The van der Waals surface area contributed by atoms with Crippen molar-refractivity contribution in [1.82, 2.24) is 25.7 Å². The summed E-state index contributed by atoms with van der Waals surface area (Å²) in [5.41, 5.74) is 0.850. The number of aliphatic imine (C=N–C) groups is 1. The van der Waals surface area contributed by atoms with E-state index in [2.05, 4.69) is 44.5 Å². The van der Waals surface area contributed by atoms with Crippen molar-refractivity contribution in [3.8, 4) is 11.4 Å². The lowest BCUT2D eigenvalue weighted by Gasteiger charge is -2.41. The van der Waals surface area contributed by atoms with Crippen molar-refractivity contribution >= 4 is 17.6 Å². The summed E-state index contributed by atoms with van der Waals surface area (Å²) in [6.07, 6.45) is 0.598. The van der Waals surface area contributed by atoms with Crippen molar-refractivity contribution in [2.45, 2.75) is 25.8 Å². The van der Waals surface area contributed by atoms with Crippen LogP contribution in [0.15, 0.2) is 33.8 Å². The number of guanidine groups is 1. The van der Waals surface area contributed by atoms with Gasteiger partial charge in [-0.15, -0.1) is 0 Å². The van der Waals surface area contributed by atoms with Crippen molar-refractivity contribution in [3.05, 3.63) is 35.2 Å². The fourth-order valence-electron chi connectivity index (χ4n) is 3.19. The van der Waals surface area contributed by atoms with Crippen molar-refractivity contribution < 1.29 is 9.26 Å². The van der Waals surface area contributed by atoms with Gasteiger partial charge >= 0.3 is 0 Å². The molecule has 1 fully saturated rings. The molecule has 9 heteroatoms. The molecule has 2 aromatic rings. The Labute approximate surface area is 176 Å². The van der Waals surface area contributed by atoms with Crippen LogP contribution in [0.25, 0.3) is 11.4 Å². The summed E-state index contributed by atoms with van der Waals surface area (Å²) in [5, 5.41) is 11.4. The lowest BCUT2D eigenvalue weighted by Crippen LogP contribution is -2.56. The smallest absolute Gasteiger partial charge is 0.228 e. The van der Waals surface area contributed by atoms with Crippen molar-refractivity contribution in [2.24, 2.45) is 4.99 Å². The third kappa shape index (κ3) is 6.16. The molecule has 0 bridgehead atoms. The van der Waals surface area contributed by atoms with Gasteiger partial charge in [0.15, 0.2) is 5.96 Å². The zero-order valence-corrected chi connectivity index (χ0v) is 18.0. The first-order valence-corrected chi connectivity index (χ1v) is 10.2. The number of aromatic nitrogens is 2. The van der Waals surface area contributed by atoms with E-state index in [1.165, 1.54) is 0 Å². The molecule has 0 spiro atoms. The van der Waals surface area contributed by atoms with E-state index in [4.69, 9.17) is 20.9 Å². The molecule has 2 heterocycles. The van der Waals surface area contributed by atoms with Gasteiger partial charge in [0.25, 0.3) is 0 Å². The Morgan fingerprint density at radius 1 is 1.28 bits per heavy atom. The molecular formula is C20H29ClN6O2. The Kier molecular flexibility index (Phi) is 7.46. The first-order chi connectivity index (χ1) is 14.0. The lowest BCUT2D eigenvalue weighted by molar-refractivity contribution is -0.00833. The second-order valence-electron chi connectivity index (χ2n) is 7.54. The molecule has 0 aliphatic carbocycles. The summed E-state index contributed by atoms with van der Waals surface area (Å²) in [7, 11) is 1.76. The van der Waals surface area contributed by atoms with Gasteiger partial charge in [0.05, 0.1) is 13.2 Å². The number of hydrogen-bond donors (Lipinski definition) is 2. The predicted molar refractivity (Wildman–Crippen MR) is 114 cm³/mol. The standard InChI is InChI=1S/C20H29ClN6O2/c1-20(2,27-9-11-28-12-10-27)14-24-19(22-3)23-8-7-17-25-18(26-29-17)15-5-4-6-16(21)13-15/h4-6,13H,7-12,14H2,1-3H3,(H2,22,23,24). The van der Waals surface area contributed by atoms with Gasteiger partial charge < -0.3 is 19.9 Å². The molecule has 0 atom stereocenters. The van der Waals surface area contributed by atoms with E-state index in [0.29, 0.717) is 29.7 Å². The highest BCUT2D eigenvalue weighted by molar-refractivity contribution is 6.30. The largest absolute Gasteiger partial charge is 0.379 e. The number of nitrogens with zero attached hydrogens (tertiary/aromatic N) is 4. The van der Waals surface area contributed by atoms with E-state index >= 15 is 0 Å². The van der Waals surface area contributed by atoms with Gasteiger partial charge in [-0.1, -0.05) is 28.9 Å². The van der Waals surface area contributed by atoms with Crippen LogP contribution in [-0.2, 0) is 11.2 Å². The minimum Gasteiger partial charge on any atom is -0.379 e. The minimum absolute atomic E-state index is 0.0136. The monoisotopic (exact) mass is 420 g/mol. The van der Waals surface area contributed by atoms with Gasteiger partial charge in [0.2, 0.25) is 11.7 Å². The summed E-state index contributed by atoms with van der Waals surface area (Å²) >= 11 is 6.02. The number of halogens is 1. The summed E-state index contributed by atoms with van der Waals surface area (Å²) in [6, 6.07) is 7.40. The van der Waals surface area contributed by atoms with E-state index in [9.17, 15) is 0 Å². The zero-order chi connectivity index (χ0) is 20.7. The molecule has 158 valence electrons. The van der Waals surface area contributed by atoms with Gasteiger partial charge in [0.1, 0.15) is 0 Å². The number of benzene rings is 1. The van der Waals surface area contributed by atoms with Crippen molar-refractivity contribution in [1.29, 1.82) is 0 Å². The van der Waals surface area contributed by atoms with Gasteiger partial charge in [0, 0.05) is 55.8 Å². The third-order valence-corrected chi connectivity index (χ3v) is 5.20. The second-order valence-corrected chi connectivity index (χ2v) is 7.97. The highest BCUT2D eigenvalue weighted by Crippen LogP contribution is 2.20. The molecule has 29 heavy (non-hydrogen) atoms. The molecule has 0 amide bonds. The van der Waals surface area contributed by atoms with Crippen LogP contribution in [0.1, 0.15) is 19.7 Å². The summed E-state index contributed by atoms with van der Waals surface area (Å²) in [5.74, 6) is 1.86. The quantitative estimate of drug-likeness (QED) is 0.524. The normalized spacial score (nSPS) is 16.1. The highest BCUT2D eigenvalue weighted by atomic mass is 35.5. The molecule has 0 radical (unpaired) electrons. The summed E-state index contributed by atoms with van der Waals surface area (Å²) < 4.78 is 10.8. The van der Waals surface area contributed by atoms with E-state index in [0.717, 1.165) is 44.4 Å². The molecule has 1 aromatic carbocycles. The lowest BCUT2D eigenvalue weighted by atomic mass is 10.0. The fourth-order valence-corrected chi connectivity index (χ4v) is 3.38. The number of ether oxygens (including phenoxy) is 1. The number of hydrogen-bond acceptors (Lipinski definition) is 6. The Bertz CT molecular complexity index is 817. The van der Waals surface area contributed by atoms with Crippen LogP contribution in [-0.4, -0.2) is 73.0 Å². The second kappa shape index (κ2) is 10.0. The maximum absolute atomic E-state index is 6.02. The van der Waals surface area contributed by atoms with Crippen LogP contribution in [0.3, 0.4) is 0 Å². The van der Waals surface area contributed by atoms with Crippen LogP contribution in [0.2, 0.25) is 5.02 Å². The predicted octanol–water partition coefficient (Wildman–Crippen LogP) is 2.21. The van der Waals surface area contributed by atoms with Crippen molar-refractivity contribution in [3.63, 3.8) is 0 Å². The molecule has 0 unspecified atom stereocenters. The van der Waals surface area contributed by atoms with Crippen LogP contribution in [0.5, 0.6) is 0 Å². The Morgan fingerprint density at radius 3 is 2.79 bits per heavy atom. The topological polar surface area (TPSA) is 87.8 Å². The van der Waals surface area contributed by atoms with Crippen LogP contribution < -0.4 is 10.6 Å². The van der Waals surface area contributed by atoms with E-state index in [1.807, 2.05) is 24.3 Å². The van der Waals surface area contributed by atoms with Gasteiger partial charge in [-0.2, -0.15) is 4.98 Å². The first kappa shape index (κ1) is 21.5. The third-order valence-electron chi connectivity index (χ3n) is 4.96. The Morgan fingerprint density at radius 2 is 2.07 bits per heavy atom. The van der Waals surface area contributed by atoms with Crippen LogP contribution in [0, 0.1) is 0 Å². The SMILES string of the molecule is CN=C(NCCc1nc(-c2cccc(Cl)c2)no1)NCC(C)(C)N1CCOCC1. The molecule has 8 nitrogen and oxygen atoms in total. The molecule has 1 aliphatic heterocycles. The van der Waals surface area contributed by atoms with Gasteiger partial charge in [-0.3, -0.25) is 9.89 Å². The average molecular weight is 421 g/mol. The summed E-state index contributed by atoms with van der Waals surface area (Å²) in [4.78, 5) is 11.2. The molecule has 1 aliphatic rings. The van der Waals surface area contributed by atoms with Crippen LogP contribution >= 0.6 is 11.6 Å². The first-order valence-electron chi connectivity index (χ1n) is 9.84. The maximum atomic E-state index is 6.02. The highest BCUT2D eigenvalue weighted by Gasteiger charge is 2.28. The van der Waals surface area contributed by atoms with E-state index in [-0.39, 0.29) is 5.54 Å². The molecule has 1 saturated heterocycles. The van der Waals surface area contributed by atoms with E-state index < -0.39 is 0 Å². The average Bonchev–Trinajstić information content (AvgIpc) is 3.20.